The van der Waals surface area contributed by atoms with E-state index in [1.807, 2.05) is 6.92 Å². The summed E-state index contributed by atoms with van der Waals surface area (Å²) in [4.78, 5) is 13.5. The molecule has 1 aromatic rings. The fourth-order valence-electron chi connectivity index (χ4n) is 2.23. The number of carbonyl (C=O) groups excluding carboxylic acids is 1. The second-order valence-electron chi connectivity index (χ2n) is 4.46. The van der Waals surface area contributed by atoms with E-state index in [9.17, 15) is 13.2 Å². The van der Waals surface area contributed by atoms with Gasteiger partial charge in [-0.1, -0.05) is 6.07 Å². The largest absolute Gasteiger partial charge is 0.332 e. The number of sulfone groups is 1. The second-order valence-corrected chi connectivity index (χ2v) is 6.47. The summed E-state index contributed by atoms with van der Waals surface area (Å²) in [6, 6.07) is 5.11. The molecule has 2 rings (SSSR count). The summed E-state index contributed by atoms with van der Waals surface area (Å²) in [5.41, 5.74) is 1.96. The predicted molar refractivity (Wildman–Crippen MR) is 64.2 cm³/mol. The first-order chi connectivity index (χ1) is 7.80. The number of amides is 1. The van der Waals surface area contributed by atoms with Gasteiger partial charge >= 0.3 is 0 Å². The maximum Gasteiger partial charge on any atom is 0.220 e. The third-order valence-electron chi connectivity index (χ3n) is 3.21. The van der Waals surface area contributed by atoms with Crippen LogP contribution in [0.2, 0.25) is 0 Å². The molecule has 0 bridgehead atoms. The van der Waals surface area contributed by atoms with E-state index in [1.54, 1.807) is 23.1 Å². The first kappa shape index (κ1) is 12.1. The smallest absolute Gasteiger partial charge is 0.220 e. The second kappa shape index (κ2) is 3.84. The Morgan fingerprint density at radius 3 is 2.59 bits per heavy atom. The highest BCUT2D eigenvalue weighted by molar-refractivity contribution is 7.90. The van der Waals surface area contributed by atoms with Crippen molar-refractivity contribution < 1.29 is 13.2 Å². The summed E-state index contributed by atoms with van der Waals surface area (Å²) in [6.07, 6.45) is 1.19. The van der Waals surface area contributed by atoms with Crippen LogP contribution in [0.3, 0.4) is 0 Å². The molecule has 92 valence electrons. The Bertz CT molecular complexity index is 577. The Labute approximate surface area is 101 Å². The molecule has 0 aliphatic carbocycles. The van der Waals surface area contributed by atoms with Crippen molar-refractivity contribution in [1.29, 1.82) is 0 Å². The molecule has 17 heavy (non-hydrogen) atoms. The van der Waals surface area contributed by atoms with E-state index in [-0.39, 0.29) is 11.9 Å². The molecule has 0 fully saturated rings. The van der Waals surface area contributed by atoms with Gasteiger partial charge in [-0.2, -0.15) is 0 Å². The lowest BCUT2D eigenvalue weighted by Gasteiger charge is -2.19. The number of hydrogen-bond acceptors (Lipinski definition) is 3. The van der Waals surface area contributed by atoms with E-state index in [0.29, 0.717) is 11.4 Å². The molecule has 1 atom stereocenters. The molecule has 1 heterocycles. The van der Waals surface area contributed by atoms with Gasteiger partial charge < -0.3 is 4.90 Å². The lowest BCUT2D eigenvalue weighted by molar-refractivity contribution is -0.130. The summed E-state index contributed by atoms with van der Waals surface area (Å²) < 4.78 is 22.9. The van der Waals surface area contributed by atoms with Crippen LogP contribution < -0.4 is 0 Å². The molecule has 1 aromatic carbocycles. The number of benzene rings is 1. The highest BCUT2D eigenvalue weighted by Gasteiger charge is 2.29. The quantitative estimate of drug-likeness (QED) is 0.762. The first-order valence-corrected chi connectivity index (χ1v) is 7.30. The number of fused-ring (bicyclic) bond motifs is 1. The maximum absolute atomic E-state index is 11.4. The molecule has 0 aromatic heterocycles. The van der Waals surface area contributed by atoms with E-state index >= 15 is 0 Å². The maximum atomic E-state index is 11.4. The van der Waals surface area contributed by atoms with Crippen LogP contribution in [0.5, 0.6) is 0 Å². The molecule has 5 heteroatoms. The summed E-state index contributed by atoms with van der Waals surface area (Å²) in [5, 5.41) is 0. The van der Waals surface area contributed by atoms with Gasteiger partial charge in [0.25, 0.3) is 0 Å². The molecule has 4 nitrogen and oxygen atoms in total. The zero-order valence-electron chi connectivity index (χ0n) is 10.1. The van der Waals surface area contributed by atoms with Crippen LogP contribution in [0.25, 0.3) is 0 Å². The van der Waals surface area contributed by atoms with Gasteiger partial charge in [0.1, 0.15) is 0 Å². The summed E-state index contributed by atoms with van der Waals surface area (Å²) in [5.74, 6) is 0.00889. The normalized spacial score (nSPS) is 19.2. The van der Waals surface area contributed by atoms with Crippen LogP contribution in [-0.2, 0) is 21.2 Å². The van der Waals surface area contributed by atoms with Gasteiger partial charge in [0.05, 0.1) is 10.9 Å². The molecule has 1 aliphatic heterocycles. The van der Waals surface area contributed by atoms with E-state index < -0.39 is 9.84 Å². The lowest BCUT2D eigenvalue weighted by atomic mass is 10.1. The monoisotopic (exact) mass is 253 g/mol. The van der Waals surface area contributed by atoms with E-state index in [2.05, 4.69) is 0 Å². The number of carbonyl (C=O) groups is 1. The third-order valence-corrected chi connectivity index (χ3v) is 4.32. The third kappa shape index (κ3) is 2.07. The van der Waals surface area contributed by atoms with Crippen LogP contribution in [-0.4, -0.2) is 25.5 Å². The van der Waals surface area contributed by atoms with Crippen molar-refractivity contribution >= 4 is 15.7 Å². The zero-order chi connectivity index (χ0) is 12.8. The number of hydrogen-bond donors (Lipinski definition) is 0. The Balaban J connectivity index is 2.46. The lowest BCUT2D eigenvalue weighted by Crippen LogP contribution is -2.25. The highest BCUT2D eigenvalue weighted by atomic mass is 32.2. The van der Waals surface area contributed by atoms with Crippen LogP contribution in [0.15, 0.2) is 23.1 Å². The standard InChI is InChI=1S/C12H15NO3S/c1-8-12-5-4-11(17(3,15)16)6-10(12)7-13(8)9(2)14/h4-6,8H,7H2,1-3H3. The minimum Gasteiger partial charge on any atom is -0.332 e. The van der Waals surface area contributed by atoms with Crippen LogP contribution in [0.1, 0.15) is 31.0 Å². The van der Waals surface area contributed by atoms with Crippen LogP contribution in [0.4, 0.5) is 0 Å². The van der Waals surface area contributed by atoms with Gasteiger partial charge in [0.2, 0.25) is 5.91 Å². The molecule has 0 saturated carbocycles. The van der Waals surface area contributed by atoms with Gasteiger partial charge in [-0.3, -0.25) is 4.79 Å². The molecular weight excluding hydrogens is 238 g/mol. The minimum atomic E-state index is -3.18. The van der Waals surface area contributed by atoms with Gasteiger partial charge in [0, 0.05) is 19.7 Å². The molecule has 0 saturated heterocycles. The van der Waals surface area contributed by atoms with Crippen molar-refractivity contribution in [3.05, 3.63) is 29.3 Å². The average molecular weight is 253 g/mol. The van der Waals surface area contributed by atoms with Crippen molar-refractivity contribution in [2.24, 2.45) is 0 Å². The Kier molecular flexibility index (Phi) is 2.73. The van der Waals surface area contributed by atoms with Crippen molar-refractivity contribution in [2.75, 3.05) is 6.26 Å². The summed E-state index contributed by atoms with van der Waals surface area (Å²) >= 11 is 0. The van der Waals surface area contributed by atoms with E-state index in [1.165, 1.54) is 13.2 Å². The minimum absolute atomic E-state index is 0.00889. The molecular formula is C12H15NO3S. The van der Waals surface area contributed by atoms with E-state index in [0.717, 1.165) is 11.1 Å². The van der Waals surface area contributed by atoms with E-state index in [4.69, 9.17) is 0 Å². The van der Waals surface area contributed by atoms with Crippen molar-refractivity contribution in [1.82, 2.24) is 4.90 Å². The van der Waals surface area contributed by atoms with Crippen molar-refractivity contribution in [3.63, 3.8) is 0 Å². The molecule has 1 amide bonds. The summed E-state index contributed by atoms with van der Waals surface area (Å²) in [6.45, 7) is 3.97. The number of rotatable bonds is 1. The SMILES string of the molecule is CC(=O)N1Cc2cc(S(C)(=O)=O)ccc2C1C. The molecule has 0 radical (unpaired) electrons. The molecule has 0 N–H and O–H groups in total. The van der Waals surface area contributed by atoms with Gasteiger partial charge in [0.15, 0.2) is 9.84 Å². The predicted octanol–water partition coefficient (Wildman–Crippen LogP) is 1.51. The Morgan fingerprint density at radius 2 is 2.06 bits per heavy atom. The Hall–Kier alpha value is -1.36. The van der Waals surface area contributed by atoms with Crippen molar-refractivity contribution in [2.45, 2.75) is 31.3 Å². The van der Waals surface area contributed by atoms with Gasteiger partial charge in [-0.15, -0.1) is 0 Å². The average Bonchev–Trinajstić information content (AvgIpc) is 2.54. The van der Waals surface area contributed by atoms with Crippen LogP contribution >= 0.6 is 0 Å². The fraction of sp³-hybridized carbons (Fsp3) is 0.417. The highest BCUT2D eigenvalue weighted by Crippen LogP contribution is 2.34. The zero-order valence-corrected chi connectivity index (χ0v) is 10.9. The number of nitrogens with zero attached hydrogens (tertiary/aromatic N) is 1. The van der Waals surface area contributed by atoms with Gasteiger partial charge in [-0.05, 0) is 30.2 Å². The first-order valence-electron chi connectivity index (χ1n) is 5.41. The molecule has 1 unspecified atom stereocenters. The van der Waals surface area contributed by atoms with Gasteiger partial charge in [-0.25, -0.2) is 8.42 Å². The topological polar surface area (TPSA) is 54.5 Å². The molecule has 0 spiro atoms. The summed E-state index contributed by atoms with van der Waals surface area (Å²) in [7, 11) is -3.18. The Morgan fingerprint density at radius 1 is 1.41 bits per heavy atom. The van der Waals surface area contributed by atoms with Crippen molar-refractivity contribution in [3.8, 4) is 0 Å². The van der Waals surface area contributed by atoms with Crippen LogP contribution in [0, 0.1) is 0 Å². The fourth-order valence-corrected chi connectivity index (χ4v) is 2.90. The molecule has 1 aliphatic rings.